The molecule has 1 aromatic heterocycles. The average Bonchev–Trinajstić information content (AvgIpc) is 2.75. The van der Waals surface area contributed by atoms with Crippen LogP contribution in [0.15, 0.2) is 0 Å². The van der Waals surface area contributed by atoms with Crippen molar-refractivity contribution in [2.45, 2.75) is 6.42 Å². The summed E-state index contributed by atoms with van der Waals surface area (Å²) in [5.41, 5.74) is 0. The van der Waals surface area contributed by atoms with Gasteiger partial charge in [-0.25, -0.2) is 0 Å². The number of aldehydes is 1. The van der Waals surface area contributed by atoms with E-state index in [1.165, 1.54) is 17.8 Å². The first-order chi connectivity index (χ1) is 7.31. The summed E-state index contributed by atoms with van der Waals surface area (Å²) in [4.78, 5) is 18.1. The Morgan fingerprint density at radius 1 is 1.53 bits per heavy atom. The maximum Gasteiger partial charge on any atom is 0.275 e. The number of hydrogen-bond donors (Lipinski definition) is 0. The number of anilines is 1. The van der Waals surface area contributed by atoms with E-state index in [-0.39, 0.29) is 0 Å². The van der Waals surface area contributed by atoms with Crippen LogP contribution < -0.4 is 9.64 Å². The molecule has 1 saturated carbocycles. The zero-order chi connectivity index (χ0) is 10.4. The van der Waals surface area contributed by atoms with Gasteiger partial charge < -0.3 is 9.64 Å². The van der Waals surface area contributed by atoms with Crippen LogP contribution in [-0.4, -0.2) is 31.5 Å². The molecule has 2 fully saturated rings. The van der Waals surface area contributed by atoms with Crippen LogP contribution >= 0.6 is 11.3 Å². The van der Waals surface area contributed by atoms with E-state index in [1.807, 2.05) is 0 Å². The molecule has 5 heteroatoms. The Kier molecular flexibility index (Phi) is 1.95. The van der Waals surface area contributed by atoms with Crippen LogP contribution in [0.1, 0.15) is 16.1 Å². The van der Waals surface area contributed by atoms with Crippen LogP contribution in [0.5, 0.6) is 5.19 Å². The fourth-order valence-corrected chi connectivity index (χ4v) is 2.98. The smallest absolute Gasteiger partial charge is 0.275 e. The van der Waals surface area contributed by atoms with Crippen molar-refractivity contribution in [2.75, 3.05) is 25.1 Å². The largest absolute Gasteiger partial charge is 0.473 e. The van der Waals surface area contributed by atoms with Crippen LogP contribution in [0.3, 0.4) is 0 Å². The lowest BCUT2D eigenvalue weighted by Gasteiger charge is -2.17. The summed E-state index contributed by atoms with van der Waals surface area (Å²) in [6.07, 6.45) is 2.23. The molecule has 0 amide bonds. The van der Waals surface area contributed by atoms with E-state index in [0.717, 1.165) is 37.0 Å². The number of carbonyl (C=O) groups is 1. The van der Waals surface area contributed by atoms with Crippen molar-refractivity contribution in [3.05, 3.63) is 4.88 Å². The van der Waals surface area contributed by atoms with Crippen molar-refractivity contribution in [1.29, 1.82) is 0 Å². The third kappa shape index (κ3) is 1.42. The number of methoxy groups -OCH3 is 1. The van der Waals surface area contributed by atoms with Crippen molar-refractivity contribution < 1.29 is 9.53 Å². The Morgan fingerprint density at radius 3 is 2.87 bits per heavy atom. The molecule has 1 aliphatic carbocycles. The molecule has 0 spiro atoms. The molecule has 15 heavy (non-hydrogen) atoms. The molecule has 1 saturated heterocycles. The van der Waals surface area contributed by atoms with Crippen LogP contribution in [0.2, 0.25) is 0 Å². The minimum Gasteiger partial charge on any atom is -0.473 e. The van der Waals surface area contributed by atoms with Crippen molar-refractivity contribution in [1.82, 2.24) is 4.98 Å². The first-order valence-electron chi connectivity index (χ1n) is 5.06. The third-order valence-electron chi connectivity index (χ3n) is 3.17. The van der Waals surface area contributed by atoms with Crippen LogP contribution in [-0.2, 0) is 0 Å². The van der Waals surface area contributed by atoms with Crippen molar-refractivity contribution in [2.24, 2.45) is 11.8 Å². The van der Waals surface area contributed by atoms with Gasteiger partial charge in [0.1, 0.15) is 4.88 Å². The summed E-state index contributed by atoms with van der Waals surface area (Å²) < 4.78 is 5.06. The SMILES string of the molecule is COc1nc(N2CC3CC3C2)c(C=O)s1. The molecule has 80 valence electrons. The Balaban J connectivity index is 1.88. The number of fused-ring (bicyclic) bond motifs is 1. The normalized spacial score (nSPS) is 27.7. The highest BCUT2D eigenvalue weighted by Gasteiger charge is 2.46. The van der Waals surface area contributed by atoms with E-state index in [9.17, 15) is 4.79 Å². The zero-order valence-electron chi connectivity index (χ0n) is 8.47. The molecule has 0 N–H and O–H groups in total. The predicted molar refractivity (Wildman–Crippen MR) is 57.9 cm³/mol. The number of aromatic nitrogens is 1. The van der Waals surface area contributed by atoms with Gasteiger partial charge in [0.15, 0.2) is 12.1 Å². The maximum atomic E-state index is 10.9. The Hall–Kier alpha value is -1.10. The standard InChI is InChI=1S/C10H12N2O2S/c1-14-10-11-9(8(5-13)15-10)12-3-6-2-7(6)4-12/h5-7H,2-4H2,1H3. The molecule has 0 aromatic carbocycles. The highest BCUT2D eigenvalue weighted by Crippen LogP contribution is 2.47. The predicted octanol–water partition coefficient (Wildman–Crippen LogP) is 1.42. The van der Waals surface area contributed by atoms with E-state index < -0.39 is 0 Å². The number of nitrogens with zero attached hydrogens (tertiary/aromatic N) is 2. The summed E-state index contributed by atoms with van der Waals surface area (Å²) in [7, 11) is 1.58. The number of piperidine rings is 1. The molecule has 1 aliphatic heterocycles. The number of thiazole rings is 1. The van der Waals surface area contributed by atoms with E-state index in [0.29, 0.717) is 10.1 Å². The second kappa shape index (κ2) is 3.20. The number of hydrogen-bond acceptors (Lipinski definition) is 5. The summed E-state index contributed by atoms with van der Waals surface area (Å²) in [6, 6.07) is 0. The summed E-state index contributed by atoms with van der Waals surface area (Å²) in [6.45, 7) is 2.11. The van der Waals surface area contributed by atoms with E-state index >= 15 is 0 Å². The minimum atomic E-state index is 0.577. The number of rotatable bonds is 3. The lowest BCUT2D eigenvalue weighted by atomic mass is 10.4. The Bertz CT molecular complexity index is 394. The van der Waals surface area contributed by atoms with Crippen molar-refractivity contribution in [3.8, 4) is 5.19 Å². The molecule has 0 radical (unpaired) electrons. The number of ether oxygens (including phenoxy) is 1. The van der Waals surface area contributed by atoms with Gasteiger partial charge in [-0.2, -0.15) is 4.98 Å². The fourth-order valence-electron chi connectivity index (χ4n) is 2.27. The first-order valence-corrected chi connectivity index (χ1v) is 5.88. The van der Waals surface area contributed by atoms with Gasteiger partial charge in [0.05, 0.1) is 7.11 Å². The summed E-state index contributed by atoms with van der Waals surface area (Å²) in [5, 5.41) is 0.577. The van der Waals surface area contributed by atoms with Crippen LogP contribution in [0.25, 0.3) is 0 Å². The fraction of sp³-hybridized carbons (Fsp3) is 0.600. The average molecular weight is 224 g/mol. The maximum absolute atomic E-state index is 10.9. The van der Waals surface area contributed by atoms with Gasteiger partial charge >= 0.3 is 0 Å². The quantitative estimate of drug-likeness (QED) is 0.728. The monoisotopic (exact) mass is 224 g/mol. The lowest BCUT2D eigenvalue weighted by Crippen LogP contribution is -2.23. The van der Waals surface area contributed by atoms with Crippen molar-refractivity contribution in [3.63, 3.8) is 0 Å². The van der Waals surface area contributed by atoms with Gasteiger partial charge in [-0.15, -0.1) is 0 Å². The summed E-state index contributed by atoms with van der Waals surface area (Å²) in [5.74, 6) is 2.51. The molecule has 0 bridgehead atoms. The van der Waals surface area contributed by atoms with E-state index in [4.69, 9.17) is 4.74 Å². The highest BCUT2D eigenvalue weighted by molar-refractivity contribution is 7.15. The lowest BCUT2D eigenvalue weighted by molar-refractivity contribution is 0.112. The van der Waals surface area contributed by atoms with Crippen LogP contribution in [0, 0.1) is 11.8 Å². The highest BCUT2D eigenvalue weighted by atomic mass is 32.1. The van der Waals surface area contributed by atoms with Gasteiger partial charge in [-0.3, -0.25) is 4.79 Å². The van der Waals surface area contributed by atoms with Gasteiger partial charge in [-0.05, 0) is 18.3 Å². The second-order valence-corrected chi connectivity index (χ2v) is 5.14. The molecule has 2 heterocycles. The van der Waals surface area contributed by atoms with E-state index in [2.05, 4.69) is 9.88 Å². The topological polar surface area (TPSA) is 42.4 Å². The first kappa shape index (κ1) is 9.15. The minimum absolute atomic E-state index is 0.577. The summed E-state index contributed by atoms with van der Waals surface area (Å²) >= 11 is 1.32. The van der Waals surface area contributed by atoms with Gasteiger partial charge in [0.25, 0.3) is 5.19 Å². The second-order valence-electron chi connectivity index (χ2n) is 4.15. The van der Waals surface area contributed by atoms with Gasteiger partial charge in [-0.1, -0.05) is 11.3 Å². The zero-order valence-corrected chi connectivity index (χ0v) is 9.29. The third-order valence-corrected chi connectivity index (χ3v) is 4.11. The molecular weight excluding hydrogens is 212 g/mol. The molecule has 2 atom stereocenters. The molecule has 3 rings (SSSR count). The molecule has 2 unspecified atom stereocenters. The number of carbonyl (C=O) groups excluding carboxylic acids is 1. The molecular formula is C10H12N2O2S. The van der Waals surface area contributed by atoms with Gasteiger partial charge in [0, 0.05) is 13.1 Å². The molecule has 1 aromatic rings. The van der Waals surface area contributed by atoms with Gasteiger partial charge in [0.2, 0.25) is 0 Å². The Morgan fingerprint density at radius 2 is 2.27 bits per heavy atom. The molecule has 2 aliphatic rings. The van der Waals surface area contributed by atoms with Crippen LogP contribution in [0.4, 0.5) is 5.82 Å². The Labute approximate surface area is 91.9 Å². The van der Waals surface area contributed by atoms with E-state index in [1.54, 1.807) is 7.11 Å². The van der Waals surface area contributed by atoms with Crippen molar-refractivity contribution >= 4 is 23.4 Å². The molecule has 4 nitrogen and oxygen atoms in total.